The van der Waals surface area contributed by atoms with Crippen molar-refractivity contribution in [1.82, 2.24) is 0 Å². The van der Waals surface area contributed by atoms with E-state index in [-0.39, 0.29) is 23.7 Å². The Balaban J connectivity index is 1.75. The summed E-state index contributed by atoms with van der Waals surface area (Å²) >= 11 is 0. The first-order chi connectivity index (χ1) is 15.0. The monoisotopic (exact) mass is 414 g/mol. The normalized spacial score (nSPS) is 12.6. The number of benzene rings is 3. The fraction of sp³-hybridized carbons (Fsp3) is 0.259. The van der Waals surface area contributed by atoms with Crippen LogP contribution < -0.4 is 10.6 Å². The Kier molecular flexibility index (Phi) is 7.60. The number of hydrogen-bond acceptors (Lipinski definition) is 2. The molecule has 2 amide bonds. The minimum absolute atomic E-state index is 0.0454. The molecule has 4 nitrogen and oxygen atoms in total. The van der Waals surface area contributed by atoms with E-state index >= 15 is 0 Å². The quantitative estimate of drug-likeness (QED) is 0.457. The van der Waals surface area contributed by atoms with E-state index in [0.717, 1.165) is 16.7 Å². The number of anilines is 2. The van der Waals surface area contributed by atoms with Crippen LogP contribution in [0, 0.1) is 6.92 Å². The second kappa shape index (κ2) is 10.6. The van der Waals surface area contributed by atoms with Gasteiger partial charge in [-0.1, -0.05) is 80.6 Å². The average Bonchev–Trinajstić information content (AvgIpc) is 2.78. The van der Waals surface area contributed by atoms with E-state index < -0.39 is 0 Å². The molecule has 0 aliphatic heterocycles. The Bertz CT molecular complexity index is 1020. The lowest BCUT2D eigenvalue weighted by Crippen LogP contribution is -2.22. The number of amides is 2. The minimum atomic E-state index is -0.221. The van der Waals surface area contributed by atoms with Crippen molar-refractivity contribution in [2.75, 3.05) is 10.6 Å². The van der Waals surface area contributed by atoms with Gasteiger partial charge in [0.15, 0.2) is 0 Å². The molecule has 3 aromatic rings. The first-order valence-electron chi connectivity index (χ1n) is 10.9. The van der Waals surface area contributed by atoms with Crippen LogP contribution in [0.1, 0.15) is 55.2 Å². The number of aryl methyl sites for hydroxylation is 1. The molecule has 3 aromatic carbocycles. The first-order valence-corrected chi connectivity index (χ1v) is 10.9. The number of hydrogen-bond donors (Lipinski definition) is 2. The lowest BCUT2D eigenvalue weighted by atomic mass is 9.95. The van der Waals surface area contributed by atoms with Crippen molar-refractivity contribution in [1.29, 1.82) is 0 Å². The second-order valence-electron chi connectivity index (χ2n) is 7.75. The summed E-state index contributed by atoms with van der Waals surface area (Å²) in [5, 5.41) is 6.07. The van der Waals surface area contributed by atoms with Gasteiger partial charge in [0.1, 0.15) is 0 Å². The predicted octanol–water partition coefficient (Wildman–Crippen LogP) is 6.26. The highest BCUT2D eigenvalue weighted by Crippen LogP contribution is 2.27. The number of rotatable bonds is 8. The highest BCUT2D eigenvalue weighted by atomic mass is 16.2. The topological polar surface area (TPSA) is 58.2 Å². The van der Waals surface area contributed by atoms with Gasteiger partial charge >= 0.3 is 0 Å². The molecule has 0 fully saturated rings. The van der Waals surface area contributed by atoms with Crippen LogP contribution in [0.4, 0.5) is 11.4 Å². The molecule has 2 N–H and O–H groups in total. The van der Waals surface area contributed by atoms with Crippen LogP contribution >= 0.6 is 0 Å². The van der Waals surface area contributed by atoms with Crippen molar-refractivity contribution < 1.29 is 9.59 Å². The highest BCUT2D eigenvalue weighted by Gasteiger charge is 2.21. The zero-order chi connectivity index (χ0) is 22.2. The largest absolute Gasteiger partial charge is 0.325 e. The van der Waals surface area contributed by atoms with E-state index in [2.05, 4.69) is 10.6 Å². The van der Waals surface area contributed by atoms with Crippen LogP contribution in [0.25, 0.3) is 0 Å². The molecule has 0 saturated carbocycles. The molecule has 160 valence electrons. The van der Waals surface area contributed by atoms with Crippen LogP contribution in [-0.2, 0) is 9.59 Å². The molecular formula is C27H30N2O2. The summed E-state index contributed by atoms with van der Waals surface area (Å²) < 4.78 is 0. The van der Waals surface area contributed by atoms with Gasteiger partial charge in [-0.05, 0) is 48.6 Å². The van der Waals surface area contributed by atoms with Crippen LogP contribution in [0.15, 0.2) is 78.9 Å². The van der Waals surface area contributed by atoms with E-state index in [1.165, 1.54) is 0 Å². The van der Waals surface area contributed by atoms with Gasteiger partial charge in [0, 0.05) is 11.4 Å². The lowest BCUT2D eigenvalue weighted by molar-refractivity contribution is -0.118. The Morgan fingerprint density at radius 2 is 1.19 bits per heavy atom. The molecule has 0 saturated heterocycles. The van der Waals surface area contributed by atoms with Gasteiger partial charge in [-0.15, -0.1) is 0 Å². The average molecular weight is 415 g/mol. The van der Waals surface area contributed by atoms with Gasteiger partial charge in [-0.25, -0.2) is 0 Å². The fourth-order valence-electron chi connectivity index (χ4n) is 3.80. The molecule has 3 rings (SSSR count). The van der Waals surface area contributed by atoms with Crippen molar-refractivity contribution in [2.45, 2.75) is 45.4 Å². The Hall–Kier alpha value is -3.40. The van der Waals surface area contributed by atoms with Crippen molar-refractivity contribution in [3.8, 4) is 0 Å². The standard InChI is InChI=1S/C27H30N2O2/c1-4-23(20-12-8-6-9-13-20)26(30)28-22-17-16-19(3)25(18-22)29-27(31)24(5-2)21-14-10-7-11-15-21/h6-18,23-24H,4-5H2,1-3H3,(H,28,30)(H,29,31)/t23-,24+/m0/s1. The minimum Gasteiger partial charge on any atom is -0.325 e. The Morgan fingerprint density at radius 3 is 1.68 bits per heavy atom. The second-order valence-corrected chi connectivity index (χ2v) is 7.75. The molecule has 31 heavy (non-hydrogen) atoms. The SMILES string of the molecule is CC[C@H](C(=O)Nc1ccc(C)c(NC(=O)[C@H](CC)c2ccccc2)c1)c1ccccc1. The molecule has 0 heterocycles. The molecule has 0 aromatic heterocycles. The van der Waals surface area contributed by atoms with Crippen LogP contribution in [-0.4, -0.2) is 11.8 Å². The molecule has 0 bridgehead atoms. The van der Waals surface area contributed by atoms with Crippen LogP contribution in [0.2, 0.25) is 0 Å². The van der Waals surface area contributed by atoms with E-state index in [4.69, 9.17) is 0 Å². The number of carbonyl (C=O) groups is 2. The summed E-state index contributed by atoms with van der Waals surface area (Å²) in [7, 11) is 0. The molecule has 2 atom stereocenters. The molecule has 0 unspecified atom stereocenters. The Labute approximate surface area is 184 Å². The molecule has 0 spiro atoms. The van der Waals surface area contributed by atoms with E-state index in [1.54, 1.807) is 0 Å². The van der Waals surface area contributed by atoms with E-state index in [1.807, 2.05) is 99.6 Å². The zero-order valence-electron chi connectivity index (χ0n) is 18.4. The third-order valence-electron chi connectivity index (χ3n) is 5.62. The van der Waals surface area contributed by atoms with Gasteiger partial charge in [0.05, 0.1) is 11.8 Å². The van der Waals surface area contributed by atoms with Crippen molar-refractivity contribution in [3.05, 3.63) is 95.6 Å². The molecule has 0 aliphatic rings. The first kappa shape index (κ1) is 22.3. The van der Waals surface area contributed by atoms with Crippen molar-refractivity contribution in [2.24, 2.45) is 0 Å². The van der Waals surface area contributed by atoms with E-state index in [0.29, 0.717) is 24.2 Å². The maximum atomic E-state index is 13.0. The molecule has 4 heteroatoms. The van der Waals surface area contributed by atoms with Crippen molar-refractivity contribution >= 4 is 23.2 Å². The maximum Gasteiger partial charge on any atom is 0.231 e. The van der Waals surface area contributed by atoms with Crippen molar-refractivity contribution in [3.63, 3.8) is 0 Å². The summed E-state index contributed by atoms with van der Waals surface area (Å²) in [5.74, 6) is -0.536. The Morgan fingerprint density at radius 1 is 0.710 bits per heavy atom. The maximum absolute atomic E-state index is 13.0. The smallest absolute Gasteiger partial charge is 0.231 e. The van der Waals surface area contributed by atoms with Crippen LogP contribution in [0.3, 0.4) is 0 Å². The molecule has 0 aliphatic carbocycles. The van der Waals surface area contributed by atoms with Crippen LogP contribution in [0.5, 0.6) is 0 Å². The zero-order valence-corrected chi connectivity index (χ0v) is 18.4. The lowest BCUT2D eigenvalue weighted by Gasteiger charge is -2.18. The summed E-state index contributed by atoms with van der Waals surface area (Å²) in [6.07, 6.45) is 1.42. The summed E-state index contributed by atoms with van der Waals surface area (Å²) in [4.78, 5) is 25.9. The molecular weight excluding hydrogens is 384 g/mol. The summed E-state index contributed by atoms with van der Waals surface area (Å²) in [5.41, 5.74) is 4.33. The third kappa shape index (κ3) is 5.60. The van der Waals surface area contributed by atoms with Gasteiger partial charge in [0.2, 0.25) is 11.8 Å². The summed E-state index contributed by atoms with van der Waals surface area (Å²) in [6, 6.07) is 25.2. The molecule has 0 radical (unpaired) electrons. The highest BCUT2D eigenvalue weighted by molar-refractivity contribution is 5.99. The fourth-order valence-corrected chi connectivity index (χ4v) is 3.80. The third-order valence-corrected chi connectivity index (χ3v) is 5.62. The van der Waals surface area contributed by atoms with Gasteiger partial charge in [-0.3, -0.25) is 9.59 Å². The van der Waals surface area contributed by atoms with Gasteiger partial charge in [0.25, 0.3) is 0 Å². The number of nitrogens with one attached hydrogen (secondary N) is 2. The van der Waals surface area contributed by atoms with Gasteiger partial charge < -0.3 is 10.6 Å². The number of carbonyl (C=O) groups excluding carboxylic acids is 2. The predicted molar refractivity (Wildman–Crippen MR) is 127 cm³/mol. The van der Waals surface area contributed by atoms with E-state index in [9.17, 15) is 9.59 Å². The summed E-state index contributed by atoms with van der Waals surface area (Å²) in [6.45, 7) is 5.96. The van der Waals surface area contributed by atoms with Gasteiger partial charge in [-0.2, -0.15) is 0 Å².